The van der Waals surface area contributed by atoms with Gasteiger partial charge in [0.05, 0.1) is 40.0 Å². The average molecular weight is 431 g/mol. The Balaban J connectivity index is 1.78. The van der Waals surface area contributed by atoms with Crippen molar-refractivity contribution in [1.82, 2.24) is 0 Å². The van der Waals surface area contributed by atoms with Gasteiger partial charge in [0.25, 0.3) is 0 Å². The highest BCUT2D eigenvalue weighted by molar-refractivity contribution is 5.79. The summed E-state index contributed by atoms with van der Waals surface area (Å²) >= 11 is 0. The molecule has 31 heavy (non-hydrogen) atoms. The number of cyclic esters (lactones) is 1. The molecule has 1 aliphatic carbocycles. The van der Waals surface area contributed by atoms with E-state index >= 15 is 4.39 Å². The molecule has 2 aromatic carbocycles. The molecule has 0 spiro atoms. The van der Waals surface area contributed by atoms with Crippen LogP contribution in [0.5, 0.6) is 28.7 Å². The molecule has 3 aliphatic rings. The molecule has 0 radical (unpaired) electrons. The topological polar surface area (TPSA) is 92.7 Å². The molecule has 2 aromatic rings. The molecule has 9 heteroatoms. The van der Waals surface area contributed by atoms with Crippen LogP contribution in [0.3, 0.4) is 0 Å². The Hall–Kier alpha value is -3.20. The highest BCUT2D eigenvalue weighted by atomic mass is 18.2. The van der Waals surface area contributed by atoms with E-state index in [2.05, 4.69) is 0 Å². The van der Waals surface area contributed by atoms with E-state index in [1.54, 1.807) is 12.1 Å². The van der Waals surface area contributed by atoms with Crippen molar-refractivity contribution in [2.45, 2.75) is 12.0 Å². The fourth-order valence-electron chi connectivity index (χ4n) is 4.87. The van der Waals surface area contributed by atoms with E-state index in [1.165, 1.54) is 27.4 Å². The largest absolute Gasteiger partial charge is 0.493 e. The van der Waals surface area contributed by atoms with Gasteiger partial charge in [0.15, 0.2) is 23.1 Å². The molecule has 0 aromatic heterocycles. The lowest BCUT2D eigenvalue weighted by atomic mass is 9.66. The summed E-state index contributed by atoms with van der Waals surface area (Å²) in [6, 6.07) is 4.87. The van der Waals surface area contributed by atoms with Gasteiger partial charge in [0, 0.05) is 17.4 Å². The van der Waals surface area contributed by atoms with Crippen molar-refractivity contribution < 1.29 is 42.7 Å². The Kier molecular flexibility index (Phi) is 4.58. The molecule has 5 rings (SSSR count). The third-order valence-corrected chi connectivity index (χ3v) is 6.28. The highest BCUT2D eigenvalue weighted by Crippen LogP contribution is 2.56. The normalized spacial score (nSPS) is 25.5. The Bertz CT molecular complexity index is 1070. The summed E-state index contributed by atoms with van der Waals surface area (Å²) in [6.07, 6.45) is -0.970. The van der Waals surface area contributed by atoms with Gasteiger partial charge in [-0.3, -0.25) is 4.79 Å². The summed E-state index contributed by atoms with van der Waals surface area (Å²) in [7, 11) is 4.15. The monoisotopic (exact) mass is 431 g/mol. The summed E-state index contributed by atoms with van der Waals surface area (Å²) in [5, 5.41) is 11.0. The third kappa shape index (κ3) is 2.72. The van der Waals surface area contributed by atoms with Crippen LogP contribution in [0.25, 0.3) is 0 Å². The number of aliphatic hydroxyl groups is 1. The number of carbonyl (C=O) groups is 1. The minimum Gasteiger partial charge on any atom is -0.493 e. The van der Waals surface area contributed by atoms with Crippen LogP contribution in [0, 0.1) is 17.7 Å². The van der Waals surface area contributed by atoms with Gasteiger partial charge in [-0.2, -0.15) is 0 Å². The molecule has 1 fully saturated rings. The number of rotatable bonds is 4. The van der Waals surface area contributed by atoms with Gasteiger partial charge in [-0.1, -0.05) is 0 Å². The van der Waals surface area contributed by atoms with Crippen molar-refractivity contribution in [3.8, 4) is 28.7 Å². The standard InChI is InChI=1S/C22H21FO8/c1-26-15-6-11(18(23)21(28-3)20(15)27-2)16-9-4-13-14(31-8-30-13)5-10(9)19(24)12-7-29-22(25)17(12)16/h4-6,12,16-17,19,24H,7-8H2,1-3H3/t12-,16-,17?,19-/m0/s1/i23-1. The van der Waals surface area contributed by atoms with Crippen LogP contribution in [-0.4, -0.2) is 45.8 Å². The van der Waals surface area contributed by atoms with Gasteiger partial charge < -0.3 is 33.5 Å². The predicted octanol–water partition coefficient (Wildman–Crippen LogP) is 2.55. The quantitative estimate of drug-likeness (QED) is 0.739. The number of carbonyl (C=O) groups excluding carboxylic acids is 1. The number of fused-ring (bicyclic) bond motifs is 3. The molecule has 1 saturated heterocycles. The molecule has 1 unspecified atom stereocenters. The summed E-state index contributed by atoms with van der Waals surface area (Å²) < 4.78 is 47.9. The summed E-state index contributed by atoms with van der Waals surface area (Å²) in [5.41, 5.74) is 1.28. The Morgan fingerprint density at radius 1 is 0.935 bits per heavy atom. The van der Waals surface area contributed by atoms with Gasteiger partial charge in [0.1, 0.15) is 0 Å². The first kappa shape index (κ1) is 19.7. The summed E-state index contributed by atoms with van der Waals surface area (Å²) in [6.45, 7) is 0.0908. The maximum absolute atomic E-state index is 15.7. The molecule has 2 aliphatic heterocycles. The van der Waals surface area contributed by atoms with E-state index in [-0.39, 0.29) is 36.2 Å². The van der Waals surface area contributed by atoms with Crippen LogP contribution in [-0.2, 0) is 9.53 Å². The number of hydrogen-bond acceptors (Lipinski definition) is 8. The molecule has 1 N–H and O–H groups in total. The molecule has 2 heterocycles. The molecular weight excluding hydrogens is 410 g/mol. The maximum atomic E-state index is 15.7. The van der Waals surface area contributed by atoms with Gasteiger partial charge in [-0.25, -0.2) is 4.39 Å². The van der Waals surface area contributed by atoms with E-state index in [4.69, 9.17) is 28.4 Å². The van der Waals surface area contributed by atoms with Crippen LogP contribution in [0.1, 0.15) is 28.7 Å². The number of ether oxygens (including phenoxy) is 6. The molecular formula is C22H21FO8. The second-order valence-electron chi connectivity index (χ2n) is 7.63. The number of esters is 1. The van der Waals surface area contributed by atoms with Crippen LogP contribution in [0.2, 0.25) is 0 Å². The first-order chi connectivity index (χ1) is 15.0. The minimum absolute atomic E-state index is 0.0428. The van der Waals surface area contributed by atoms with Crippen molar-refractivity contribution in [2.75, 3.05) is 34.7 Å². The molecule has 4 atom stereocenters. The van der Waals surface area contributed by atoms with Crippen molar-refractivity contribution in [2.24, 2.45) is 11.8 Å². The number of halogens is 1. The molecule has 0 saturated carbocycles. The van der Waals surface area contributed by atoms with Crippen molar-refractivity contribution >= 4 is 5.97 Å². The van der Waals surface area contributed by atoms with Crippen LogP contribution in [0.15, 0.2) is 18.2 Å². The molecule has 0 amide bonds. The predicted molar refractivity (Wildman–Crippen MR) is 103 cm³/mol. The fraction of sp³-hybridized carbons (Fsp3) is 0.409. The Morgan fingerprint density at radius 3 is 2.26 bits per heavy atom. The zero-order chi connectivity index (χ0) is 21.9. The average Bonchev–Trinajstić information content (AvgIpc) is 3.39. The maximum Gasteiger partial charge on any atom is 0.310 e. The number of benzene rings is 2. The van der Waals surface area contributed by atoms with Crippen LogP contribution >= 0.6 is 0 Å². The molecule has 8 nitrogen and oxygen atoms in total. The Morgan fingerprint density at radius 2 is 1.61 bits per heavy atom. The van der Waals surface area contributed by atoms with Crippen LogP contribution in [0.4, 0.5) is 4.39 Å². The van der Waals surface area contributed by atoms with Crippen molar-refractivity contribution in [3.05, 3.63) is 40.7 Å². The number of aliphatic hydroxyl groups excluding tert-OH is 1. The number of methoxy groups -OCH3 is 3. The Labute approximate surface area is 177 Å². The zero-order valence-electron chi connectivity index (χ0n) is 17.1. The van der Waals surface area contributed by atoms with E-state index in [0.717, 1.165) is 0 Å². The lowest BCUT2D eigenvalue weighted by Gasteiger charge is -2.37. The van der Waals surface area contributed by atoms with Gasteiger partial charge in [-0.05, 0) is 29.3 Å². The van der Waals surface area contributed by atoms with E-state index < -0.39 is 35.6 Å². The lowest BCUT2D eigenvalue weighted by molar-refractivity contribution is -0.141. The SMILES string of the molecule is COc1cc([C@@H]2c3cc4c(cc3[C@H](O)[C@H]3COC(=O)C23)OCO4)c([18F])c(OC)c1OC. The first-order valence-corrected chi connectivity index (χ1v) is 9.76. The molecule has 164 valence electrons. The third-order valence-electron chi connectivity index (χ3n) is 6.28. The van der Waals surface area contributed by atoms with Gasteiger partial charge >= 0.3 is 5.97 Å². The minimum atomic E-state index is -0.970. The van der Waals surface area contributed by atoms with Crippen LogP contribution < -0.4 is 23.7 Å². The second-order valence-corrected chi connectivity index (χ2v) is 7.63. The first-order valence-electron chi connectivity index (χ1n) is 9.76. The zero-order valence-corrected chi connectivity index (χ0v) is 17.1. The summed E-state index contributed by atoms with van der Waals surface area (Å²) in [4.78, 5) is 12.7. The fourth-order valence-corrected chi connectivity index (χ4v) is 4.87. The van der Waals surface area contributed by atoms with Crippen molar-refractivity contribution in [1.29, 1.82) is 0 Å². The van der Waals surface area contributed by atoms with E-state index in [0.29, 0.717) is 22.6 Å². The summed E-state index contributed by atoms with van der Waals surface area (Å²) in [5.74, 6) is -2.07. The van der Waals surface area contributed by atoms with E-state index in [9.17, 15) is 9.90 Å². The number of hydrogen-bond donors (Lipinski definition) is 1. The molecule has 0 bridgehead atoms. The van der Waals surface area contributed by atoms with Crippen molar-refractivity contribution in [3.63, 3.8) is 0 Å². The second kappa shape index (κ2) is 7.19. The van der Waals surface area contributed by atoms with Gasteiger partial charge in [-0.15, -0.1) is 0 Å². The highest BCUT2D eigenvalue weighted by Gasteiger charge is 2.53. The van der Waals surface area contributed by atoms with Gasteiger partial charge in [0.2, 0.25) is 18.3 Å². The smallest absolute Gasteiger partial charge is 0.310 e. The van der Waals surface area contributed by atoms with E-state index in [1.807, 2.05) is 0 Å². The lowest BCUT2D eigenvalue weighted by Crippen LogP contribution is -2.35.